The van der Waals surface area contributed by atoms with Gasteiger partial charge >= 0.3 is 0 Å². The number of aryl methyl sites for hydroxylation is 1. The molecule has 0 aliphatic heterocycles. The molecule has 14 heavy (non-hydrogen) atoms. The second kappa shape index (κ2) is 5.14. The molecule has 1 aromatic rings. The van der Waals surface area contributed by atoms with Crippen molar-refractivity contribution in [2.75, 3.05) is 17.3 Å². The summed E-state index contributed by atoms with van der Waals surface area (Å²) in [6.45, 7) is 4.88. The van der Waals surface area contributed by atoms with Gasteiger partial charge in [0.25, 0.3) is 0 Å². The van der Waals surface area contributed by atoms with Crippen molar-refractivity contribution in [1.82, 2.24) is 9.55 Å². The van der Waals surface area contributed by atoms with Crippen LogP contribution in [0.1, 0.15) is 13.8 Å². The van der Waals surface area contributed by atoms with Gasteiger partial charge in [-0.2, -0.15) is 0 Å². The van der Waals surface area contributed by atoms with Crippen LogP contribution in [-0.2, 0) is 17.3 Å². The summed E-state index contributed by atoms with van der Waals surface area (Å²) in [4.78, 5) is 4.19. The van der Waals surface area contributed by atoms with Gasteiger partial charge in [-0.3, -0.25) is 4.21 Å². The summed E-state index contributed by atoms with van der Waals surface area (Å²) < 4.78 is 12.9. The number of imidazole rings is 1. The van der Waals surface area contributed by atoms with Crippen molar-refractivity contribution < 1.29 is 4.21 Å². The monoisotopic (exact) mass is 215 g/mol. The van der Waals surface area contributed by atoms with Crippen LogP contribution in [0.15, 0.2) is 12.4 Å². The molecule has 0 radical (unpaired) electrons. The predicted octanol–water partition coefficient (Wildman–Crippen LogP) is 1.08. The van der Waals surface area contributed by atoms with E-state index in [-0.39, 0.29) is 0 Å². The highest BCUT2D eigenvalue weighted by atomic mass is 32.2. The van der Waals surface area contributed by atoms with Crippen molar-refractivity contribution in [3.63, 3.8) is 0 Å². The summed E-state index contributed by atoms with van der Waals surface area (Å²) in [6, 6.07) is 0.364. The Balaban J connectivity index is 2.58. The average Bonchev–Trinajstić information content (AvgIpc) is 2.47. The highest BCUT2D eigenvalue weighted by Gasteiger charge is 2.03. The summed E-state index contributed by atoms with van der Waals surface area (Å²) in [6.07, 6.45) is 5.37. The minimum atomic E-state index is -0.748. The molecule has 0 aromatic carbocycles. The molecular formula is C9H17N3OS. The molecule has 1 rings (SSSR count). The SMILES string of the molecule is CC(C)Nc1nccn1CCS(C)=O. The topological polar surface area (TPSA) is 46.9 Å². The summed E-state index contributed by atoms with van der Waals surface area (Å²) in [5.41, 5.74) is 0. The van der Waals surface area contributed by atoms with Crippen LogP contribution in [0, 0.1) is 0 Å². The number of nitrogens with one attached hydrogen (secondary N) is 1. The molecule has 0 spiro atoms. The van der Waals surface area contributed by atoms with Gasteiger partial charge in [0.15, 0.2) is 0 Å². The summed E-state index contributed by atoms with van der Waals surface area (Å²) in [5.74, 6) is 1.52. The lowest BCUT2D eigenvalue weighted by Gasteiger charge is -2.11. The molecule has 80 valence electrons. The van der Waals surface area contributed by atoms with E-state index in [1.165, 1.54) is 0 Å². The molecule has 0 aliphatic rings. The van der Waals surface area contributed by atoms with Gasteiger partial charge in [-0.25, -0.2) is 4.98 Å². The zero-order valence-corrected chi connectivity index (χ0v) is 9.67. The van der Waals surface area contributed by atoms with Gasteiger partial charge in [0.2, 0.25) is 5.95 Å². The highest BCUT2D eigenvalue weighted by molar-refractivity contribution is 7.84. The Bertz CT molecular complexity index is 309. The number of hydrogen-bond donors (Lipinski definition) is 1. The molecule has 0 saturated heterocycles. The Hall–Kier alpha value is -0.840. The van der Waals surface area contributed by atoms with Gasteiger partial charge in [0.05, 0.1) is 0 Å². The third-order valence-corrected chi connectivity index (χ3v) is 2.51. The predicted molar refractivity (Wildman–Crippen MR) is 59.9 cm³/mol. The molecule has 1 unspecified atom stereocenters. The molecule has 5 heteroatoms. The molecular weight excluding hydrogens is 198 g/mol. The zero-order valence-electron chi connectivity index (χ0n) is 8.86. The number of nitrogens with zero attached hydrogens (tertiary/aromatic N) is 2. The van der Waals surface area contributed by atoms with E-state index in [1.54, 1.807) is 12.5 Å². The van der Waals surface area contributed by atoms with Crippen LogP contribution in [0.3, 0.4) is 0 Å². The Morgan fingerprint density at radius 2 is 2.36 bits per heavy atom. The molecule has 0 saturated carbocycles. The van der Waals surface area contributed by atoms with Crippen LogP contribution in [0.5, 0.6) is 0 Å². The molecule has 0 bridgehead atoms. The third-order valence-electron chi connectivity index (χ3n) is 1.75. The summed E-state index contributed by atoms with van der Waals surface area (Å²) in [5, 5.41) is 3.23. The van der Waals surface area contributed by atoms with Crippen LogP contribution >= 0.6 is 0 Å². The third kappa shape index (κ3) is 3.49. The number of hydrogen-bond acceptors (Lipinski definition) is 3. The van der Waals surface area contributed by atoms with Gasteiger partial charge in [-0.15, -0.1) is 0 Å². The first-order chi connectivity index (χ1) is 6.59. The Kier molecular flexibility index (Phi) is 4.13. The summed E-state index contributed by atoms with van der Waals surface area (Å²) in [7, 11) is -0.748. The zero-order chi connectivity index (χ0) is 10.6. The summed E-state index contributed by atoms with van der Waals surface area (Å²) >= 11 is 0. The van der Waals surface area contributed by atoms with E-state index in [9.17, 15) is 4.21 Å². The van der Waals surface area contributed by atoms with Crippen molar-refractivity contribution in [2.24, 2.45) is 0 Å². The van der Waals surface area contributed by atoms with Gasteiger partial charge < -0.3 is 9.88 Å². The number of aromatic nitrogens is 2. The normalized spacial score (nSPS) is 13.1. The smallest absolute Gasteiger partial charge is 0.202 e. The maximum Gasteiger partial charge on any atom is 0.202 e. The van der Waals surface area contributed by atoms with Crippen molar-refractivity contribution in [3.8, 4) is 0 Å². The van der Waals surface area contributed by atoms with E-state index in [1.807, 2.05) is 10.8 Å². The van der Waals surface area contributed by atoms with Crippen molar-refractivity contribution in [2.45, 2.75) is 26.4 Å². The fraction of sp³-hybridized carbons (Fsp3) is 0.667. The van der Waals surface area contributed by atoms with E-state index < -0.39 is 10.8 Å². The van der Waals surface area contributed by atoms with Crippen LogP contribution < -0.4 is 5.32 Å². The van der Waals surface area contributed by atoms with E-state index in [2.05, 4.69) is 24.1 Å². The second-order valence-electron chi connectivity index (χ2n) is 3.52. The Morgan fingerprint density at radius 3 is 2.93 bits per heavy atom. The van der Waals surface area contributed by atoms with Crippen molar-refractivity contribution in [1.29, 1.82) is 0 Å². The molecule has 0 aliphatic carbocycles. The first kappa shape index (κ1) is 11.2. The molecule has 0 fully saturated rings. The van der Waals surface area contributed by atoms with Crippen LogP contribution in [0.2, 0.25) is 0 Å². The lowest BCUT2D eigenvalue weighted by molar-refractivity contribution is 0.677. The van der Waals surface area contributed by atoms with E-state index >= 15 is 0 Å². The minimum absolute atomic E-state index is 0.364. The highest BCUT2D eigenvalue weighted by Crippen LogP contribution is 2.05. The van der Waals surface area contributed by atoms with Crippen LogP contribution in [-0.4, -0.2) is 31.8 Å². The van der Waals surface area contributed by atoms with Crippen LogP contribution in [0.25, 0.3) is 0 Å². The van der Waals surface area contributed by atoms with Gasteiger partial charge in [0, 0.05) is 47.8 Å². The molecule has 1 atom stereocenters. The number of rotatable bonds is 5. The van der Waals surface area contributed by atoms with Gasteiger partial charge in [-0.1, -0.05) is 0 Å². The first-order valence-electron chi connectivity index (χ1n) is 4.67. The average molecular weight is 215 g/mol. The Labute approximate surface area is 87.2 Å². The standard InChI is InChI=1S/C9H17N3OS/c1-8(2)11-9-10-4-5-12(9)6-7-14(3)13/h4-5,8H,6-7H2,1-3H3,(H,10,11). The lowest BCUT2D eigenvalue weighted by Crippen LogP contribution is -2.16. The fourth-order valence-corrected chi connectivity index (χ4v) is 1.57. The fourth-order valence-electron chi connectivity index (χ4n) is 1.11. The van der Waals surface area contributed by atoms with Gasteiger partial charge in [0.1, 0.15) is 0 Å². The first-order valence-corrected chi connectivity index (χ1v) is 6.40. The minimum Gasteiger partial charge on any atom is -0.353 e. The molecule has 4 nitrogen and oxygen atoms in total. The largest absolute Gasteiger partial charge is 0.353 e. The lowest BCUT2D eigenvalue weighted by atomic mass is 10.4. The molecule has 0 amide bonds. The maximum atomic E-state index is 10.9. The quantitative estimate of drug-likeness (QED) is 0.799. The molecule has 1 aromatic heterocycles. The van der Waals surface area contributed by atoms with Crippen LogP contribution in [0.4, 0.5) is 5.95 Å². The molecule has 1 N–H and O–H groups in total. The van der Waals surface area contributed by atoms with E-state index in [0.717, 1.165) is 12.5 Å². The Morgan fingerprint density at radius 1 is 1.64 bits per heavy atom. The van der Waals surface area contributed by atoms with Gasteiger partial charge in [-0.05, 0) is 13.8 Å². The van der Waals surface area contributed by atoms with E-state index in [4.69, 9.17) is 0 Å². The number of anilines is 1. The van der Waals surface area contributed by atoms with Crippen molar-refractivity contribution in [3.05, 3.63) is 12.4 Å². The maximum absolute atomic E-state index is 10.9. The second-order valence-corrected chi connectivity index (χ2v) is 5.08. The van der Waals surface area contributed by atoms with E-state index in [0.29, 0.717) is 11.8 Å². The van der Waals surface area contributed by atoms with Crippen molar-refractivity contribution >= 4 is 16.7 Å². The molecule has 1 heterocycles.